The second-order valence-electron chi connectivity index (χ2n) is 4.94. The van der Waals surface area contributed by atoms with Gasteiger partial charge in [0.2, 0.25) is 0 Å². The highest BCUT2D eigenvalue weighted by Gasteiger charge is 2.22. The molecular formula is C14H20N2O2S. The molecule has 1 aromatic rings. The molecule has 0 radical (unpaired) electrons. The number of carboxylic acid groups (broad SMARTS) is 1. The Balaban J connectivity index is 2.29. The number of aryl methyl sites for hydroxylation is 2. The third kappa shape index (κ3) is 3.47. The number of aromatic nitrogens is 2. The number of hydrogen-bond donors (Lipinski definition) is 1. The van der Waals surface area contributed by atoms with E-state index in [1.807, 2.05) is 6.92 Å². The minimum Gasteiger partial charge on any atom is -0.478 e. The first kappa shape index (κ1) is 14.3. The van der Waals surface area contributed by atoms with Crippen LogP contribution in [0.5, 0.6) is 0 Å². The fourth-order valence-corrected chi connectivity index (χ4v) is 3.83. The molecule has 0 amide bonds. The minimum atomic E-state index is -0.918. The van der Waals surface area contributed by atoms with E-state index in [4.69, 9.17) is 0 Å². The summed E-state index contributed by atoms with van der Waals surface area (Å²) in [7, 11) is 0. The van der Waals surface area contributed by atoms with Gasteiger partial charge in [0.1, 0.15) is 16.4 Å². The van der Waals surface area contributed by atoms with Crippen molar-refractivity contribution in [2.45, 2.75) is 62.6 Å². The van der Waals surface area contributed by atoms with Crippen LogP contribution in [0.2, 0.25) is 0 Å². The van der Waals surface area contributed by atoms with Gasteiger partial charge in [0, 0.05) is 11.7 Å². The van der Waals surface area contributed by atoms with Crippen LogP contribution < -0.4 is 0 Å². The SMILES string of the molecule is CCc1nc(C)c(C(=O)O)c(SC2CCCCC2)n1. The molecule has 0 bridgehead atoms. The Kier molecular flexibility index (Phi) is 4.80. The molecule has 0 spiro atoms. The molecule has 0 aromatic carbocycles. The van der Waals surface area contributed by atoms with Gasteiger partial charge in [0.15, 0.2) is 0 Å². The van der Waals surface area contributed by atoms with Gasteiger partial charge in [-0.15, -0.1) is 11.8 Å². The molecule has 2 rings (SSSR count). The van der Waals surface area contributed by atoms with E-state index in [9.17, 15) is 9.90 Å². The van der Waals surface area contributed by atoms with Crippen LogP contribution in [0.25, 0.3) is 0 Å². The molecule has 1 N–H and O–H groups in total. The van der Waals surface area contributed by atoms with Crippen LogP contribution in [0.15, 0.2) is 5.03 Å². The molecular weight excluding hydrogens is 260 g/mol. The Labute approximate surface area is 118 Å². The quantitative estimate of drug-likeness (QED) is 0.856. The maximum atomic E-state index is 11.4. The van der Waals surface area contributed by atoms with E-state index in [2.05, 4.69) is 9.97 Å². The van der Waals surface area contributed by atoms with Gasteiger partial charge in [0.05, 0.1) is 5.69 Å². The second-order valence-corrected chi connectivity index (χ2v) is 6.23. The fourth-order valence-electron chi connectivity index (χ4n) is 2.43. The molecule has 1 aliphatic carbocycles. The molecule has 1 aliphatic rings. The zero-order valence-electron chi connectivity index (χ0n) is 11.5. The highest BCUT2D eigenvalue weighted by atomic mass is 32.2. The first-order chi connectivity index (χ1) is 9.11. The van der Waals surface area contributed by atoms with Crippen molar-refractivity contribution in [2.24, 2.45) is 0 Å². The summed E-state index contributed by atoms with van der Waals surface area (Å²) in [5.74, 6) is -0.181. The maximum absolute atomic E-state index is 11.4. The predicted octanol–water partition coefficient (Wildman–Crippen LogP) is 3.47. The third-order valence-electron chi connectivity index (χ3n) is 3.46. The van der Waals surface area contributed by atoms with Gasteiger partial charge in [-0.05, 0) is 19.8 Å². The van der Waals surface area contributed by atoms with Crippen LogP contribution in [0.4, 0.5) is 0 Å². The normalized spacial score (nSPS) is 16.5. The lowest BCUT2D eigenvalue weighted by molar-refractivity contribution is 0.0690. The molecule has 0 atom stereocenters. The number of aromatic carboxylic acids is 1. The average Bonchev–Trinajstić information content (AvgIpc) is 2.38. The fraction of sp³-hybridized carbons (Fsp3) is 0.643. The molecule has 1 aromatic heterocycles. The average molecular weight is 280 g/mol. The van der Waals surface area contributed by atoms with Crippen molar-refractivity contribution in [3.63, 3.8) is 0 Å². The Morgan fingerprint density at radius 1 is 1.32 bits per heavy atom. The van der Waals surface area contributed by atoms with Gasteiger partial charge in [-0.25, -0.2) is 14.8 Å². The molecule has 1 fully saturated rings. The van der Waals surface area contributed by atoms with E-state index in [-0.39, 0.29) is 5.56 Å². The van der Waals surface area contributed by atoms with E-state index in [1.165, 1.54) is 19.3 Å². The standard InChI is InChI=1S/C14H20N2O2S/c1-3-11-15-9(2)12(14(17)18)13(16-11)19-10-7-5-4-6-8-10/h10H,3-8H2,1-2H3,(H,17,18). The van der Waals surface area contributed by atoms with E-state index in [0.717, 1.165) is 25.1 Å². The summed E-state index contributed by atoms with van der Waals surface area (Å²) in [6, 6.07) is 0. The van der Waals surface area contributed by atoms with Crippen molar-refractivity contribution in [1.29, 1.82) is 0 Å². The monoisotopic (exact) mass is 280 g/mol. The molecule has 19 heavy (non-hydrogen) atoms. The predicted molar refractivity (Wildman–Crippen MR) is 75.8 cm³/mol. The summed E-state index contributed by atoms with van der Waals surface area (Å²) in [4.78, 5) is 20.1. The Bertz CT molecular complexity index is 471. The highest BCUT2D eigenvalue weighted by Crippen LogP contribution is 2.34. The third-order valence-corrected chi connectivity index (χ3v) is 4.79. The van der Waals surface area contributed by atoms with Gasteiger partial charge < -0.3 is 5.11 Å². The molecule has 104 valence electrons. The summed E-state index contributed by atoms with van der Waals surface area (Å²) in [5, 5.41) is 10.5. The number of rotatable bonds is 4. The Morgan fingerprint density at radius 3 is 2.58 bits per heavy atom. The number of nitrogens with zero attached hydrogens (tertiary/aromatic N) is 2. The lowest BCUT2D eigenvalue weighted by Crippen LogP contribution is -2.13. The Hall–Kier alpha value is -1.10. The molecule has 5 heteroatoms. The van der Waals surface area contributed by atoms with Crippen molar-refractivity contribution < 1.29 is 9.90 Å². The molecule has 4 nitrogen and oxygen atoms in total. The van der Waals surface area contributed by atoms with Gasteiger partial charge in [-0.1, -0.05) is 26.2 Å². The van der Waals surface area contributed by atoms with E-state index >= 15 is 0 Å². The van der Waals surface area contributed by atoms with Crippen molar-refractivity contribution in [1.82, 2.24) is 9.97 Å². The summed E-state index contributed by atoms with van der Waals surface area (Å²) in [5.41, 5.74) is 0.866. The zero-order chi connectivity index (χ0) is 13.8. The summed E-state index contributed by atoms with van der Waals surface area (Å²) < 4.78 is 0. The van der Waals surface area contributed by atoms with Gasteiger partial charge in [-0.3, -0.25) is 0 Å². The van der Waals surface area contributed by atoms with Crippen molar-refractivity contribution in [2.75, 3.05) is 0 Å². The molecule has 0 unspecified atom stereocenters. The first-order valence-corrected chi connectivity index (χ1v) is 7.77. The van der Waals surface area contributed by atoms with E-state index < -0.39 is 5.97 Å². The lowest BCUT2D eigenvalue weighted by Gasteiger charge is -2.21. The maximum Gasteiger partial charge on any atom is 0.340 e. The number of thioether (sulfide) groups is 1. The van der Waals surface area contributed by atoms with Crippen LogP contribution in [0, 0.1) is 6.92 Å². The van der Waals surface area contributed by atoms with Gasteiger partial charge >= 0.3 is 5.97 Å². The molecule has 1 heterocycles. The summed E-state index contributed by atoms with van der Waals surface area (Å²) in [6.07, 6.45) is 6.84. The number of carboxylic acids is 1. The minimum absolute atomic E-state index is 0.285. The largest absolute Gasteiger partial charge is 0.478 e. The van der Waals surface area contributed by atoms with Gasteiger partial charge in [0.25, 0.3) is 0 Å². The zero-order valence-corrected chi connectivity index (χ0v) is 12.3. The topological polar surface area (TPSA) is 63.1 Å². The smallest absolute Gasteiger partial charge is 0.340 e. The van der Waals surface area contributed by atoms with Gasteiger partial charge in [-0.2, -0.15) is 0 Å². The second kappa shape index (κ2) is 6.37. The molecule has 0 aliphatic heterocycles. The number of hydrogen-bond acceptors (Lipinski definition) is 4. The van der Waals surface area contributed by atoms with Crippen molar-refractivity contribution in [3.05, 3.63) is 17.1 Å². The van der Waals surface area contributed by atoms with E-state index in [0.29, 0.717) is 16.0 Å². The van der Waals surface area contributed by atoms with Crippen molar-refractivity contribution >= 4 is 17.7 Å². The van der Waals surface area contributed by atoms with Crippen LogP contribution >= 0.6 is 11.8 Å². The van der Waals surface area contributed by atoms with E-state index in [1.54, 1.807) is 18.7 Å². The highest BCUT2D eigenvalue weighted by molar-refractivity contribution is 7.99. The summed E-state index contributed by atoms with van der Waals surface area (Å²) >= 11 is 1.63. The number of carbonyl (C=O) groups is 1. The van der Waals surface area contributed by atoms with Crippen LogP contribution in [0.3, 0.4) is 0 Å². The molecule has 1 saturated carbocycles. The summed E-state index contributed by atoms with van der Waals surface area (Å²) in [6.45, 7) is 3.75. The van der Waals surface area contributed by atoms with Crippen LogP contribution in [-0.4, -0.2) is 26.3 Å². The Morgan fingerprint density at radius 2 is 2.00 bits per heavy atom. The van der Waals surface area contributed by atoms with Crippen molar-refractivity contribution in [3.8, 4) is 0 Å². The lowest BCUT2D eigenvalue weighted by atomic mass is 10.0. The van der Waals surface area contributed by atoms with Crippen LogP contribution in [-0.2, 0) is 6.42 Å². The van der Waals surface area contributed by atoms with Crippen LogP contribution in [0.1, 0.15) is 60.9 Å². The first-order valence-electron chi connectivity index (χ1n) is 6.89. The molecule has 0 saturated heterocycles.